The van der Waals surface area contributed by atoms with Crippen molar-refractivity contribution in [3.8, 4) is 0 Å². The molecule has 102 valence electrons. The number of carbonyl (C=O) groups is 1. The van der Waals surface area contributed by atoms with E-state index in [-0.39, 0.29) is 11.3 Å². The normalized spacial score (nSPS) is 16.2. The minimum atomic E-state index is -1.06. The molecule has 0 atom stereocenters. The first-order chi connectivity index (χ1) is 9.08. The number of carboxylic acid groups (broad SMARTS) is 1. The summed E-state index contributed by atoms with van der Waals surface area (Å²) in [5.41, 5.74) is 0.101. The van der Waals surface area contributed by atoms with Gasteiger partial charge in [-0.05, 0) is 25.0 Å². The summed E-state index contributed by atoms with van der Waals surface area (Å²) >= 11 is 1.45. The third kappa shape index (κ3) is 3.47. The predicted molar refractivity (Wildman–Crippen MR) is 72.8 cm³/mol. The summed E-state index contributed by atoms with van der Waals surface area (Å²) in [7, 11) is 0. The zero-order valence-corrected chi connectivity index (χ0v) is 11.2. The SMILES string of the molecule is O=C(O)c1ccc([N+](=O)[O-])c(SC2CCCCC2)c1. The summed E-state index contributed by atoms with van der Waals surface area (Å²) in [5.74, 6) is -1.06. The van der Waals surface area contributed by atoms with Crippen molar-refractivity contribution in [3.63, 3.8) is 0 Å². The van der Waals surface area contributed by atoms with Crippen LogP contribution in [0.3, 0.4) is 0 Å². The van der Waals surface area contributed by atoms with Gasteiger partial charge < -0.3 is 5.11 Å². The van der Waals surface area contributed by atoms with E-state index < -0.39 is 10.9 Å². The van der Waals surface area contributed by atoms with Crippen molar-refractivity contribution < 1.29 is 14.8 Å². The molecule has 1 aliphatic rings. The topological polar surface area (TPSA) is 80.4 Å². The summed E-state index contributed by atoms with van der Waals surface area (Å²) < 4.78 is 0. The van der Waals surface area contributed by atoms with E-state index in [1.54, 1.807) is 0 Å². The third-order valence-electron chi connectivity index (χ3n) is 3.25. The minimum absolute atomic E-state index is 0.000531. The van der Waals surface area contributed by atoms with Crippen LogP contribution >= 0.6 is 11.8 Å². The maximum Gasteiger partial charge on any atom is 0.335 e. The number of benzene rings is 1. The van der Waals surface area contributed by atoms with Crippen LogP contribution in [0.25, 0.3) is 0 Å². The quantitative estimate of drug-likeness (QED) is 0.672. The van der Waals surface area contributed by atoms with Crippen molar-refractivity contribution in [1.29, 1.82) is 0 Å². The standard InChI is InChI=1S/C13H15NO4S/c15-13(16)9-6-7-11(14(17)18)12(8-9)19-10-4-2-1-3-5-10/h6-8,10H,1-5H2,(H,15,16). The Balaban J connectivity index is 2.26. The van der Waals surface area contributed by atoms with Gasteiger partial charge in [0.15, 0.2) is 0 Å². The highest BCUT2D eigenvalue weighted by Gasteiger charge is 2.22. The summed E-state index contributed by atoms with van der Waals surface area (Å²) in [4.78, 5) is 22.0. The fourth-order valence-electron chi connectivity index (χ4n) is 2.25. The molecule has 1 aliphatic carbocycles. The van der Waals surface area contributed by atoms with Crippen LogP contribution < -0.4 is 0 Å². The van der Waals surface area contributed by atoms with E-state index >= 15 is 0 Å². The van der Waals surface area contributed by atoms with E-state index in [0.717, 1.165) is 25.7 Å². The second kappa shape index (κ2) is 6.06. The van der Waals surface area contributed by atoms with Crippen molar-refractivity contribution >= 4 is 23.4 Å². The van der Waals surface area contributed by atoms with Crippen LogP contribution in [0, 0.1) is 10.1 Å². The molecule has 0 spiro atoms. The number of thioether (sulfide) groups is 1. The van der Waals surface area contributed by atoms with Gasteiger partial charge in [-0.3, -0.25) is 10.1 Å². The molecule has 0 heterocycles. The van der Waals surface area contributed by atoms with E-state index in [1.165, 1.54) is 36.4 Å². The number of aromatic carboxylic acids is 1. The lowest BCUT2D eigenvalue weighted by molar-refractivity contribution is -0.387. The van der Waals surface area contributed by atoms with E-state index in [0.29, 0.717) is 10.1 Å². The summed E-state index contributed by atoms with van der Waals surface area (Å²) in [5, 5.41) is 20.3. The first-order valence-electron chi connectivity index (χ1n) is 6.26. The van der Waals surface area contributed by atoms with E-state index in [4.69, 9.17) is 5.11 Å². The van der Waals surface area contributed by atoms with Crippen LogP contribution in [0.1, 0.15) is 42.5 Å². The monoisotopic (exact) mass is 281 g/mol. The Morgan fingerprint density at radius 2 is 2.00 bits per heavy atom. The fourth-order valence-corrected chi connectivity index (χ4v) is 3.64. The first-order valence-corrected chi connectivity index (χ1v) is 7.14. The maximum absolute atomic E-state index is 11.0. The number of carboxylic acids is 1. The Bertz CT molecular complexity index is 497. The lowest BCUT2D eigenvalue weighted by atomic mass is 10.0. The molecule has 1 saturated carbocycles. The van der Waals surface area contributed by atoms with E-state index in [1.807, 2.05) is 0 Å². The molecule has 19 heavy (non-hydrogen) atoms. The number of nitro benzene ring substituents is 1. The zero-order valence-electron chi connectivity index (χ0n) is 10.4. The van der Waals surface area contributed by atoms with Gasteiger partial charge in [0, 0.05) is 11.3 Å². The maximum atomic E-state index is 11.0. The van der Waals surface area contributed by atoms with Gasteiger partial charge in [0.1, 0.15) is 0 Å². The molecular formula is C13H15NO4S. The molecule has 0 aliphatic heterocycles. The molecule has 0 aromatic heterocycles. The number of hydrogen-bond donors (Lipinski definition) is 1. The van der Waals surface area contributed by atoms with Crippen molar-refractivity contribution in [3.05, 3.63) is 33.9 Å². The molecule has 0 saturated heterocycles. The molecule has 1 aromatic carbocycles. The Labute approximate surface area is 115 Å². The predicted octanol–water partition coefficient (Wildman–Crippen LogP) is 3.72. The van der Waals surface area contributed by atoms with Gasteiger partial charge in [-0.2, -0.15) is 0 Å². The highest BCUT2D eigenvalue weighted by Crippen LogP contribution is 2.38. The van der Waals surface area contributed by atoms with Crippen LogP contribution in [0.4, 0.5) is 5.69 Å². The van der Waals surface area contributed by atoms with Crippen molar-refractivity contribution in [2.75, 3.05) is 0 Å². The Hall–Kier alpha value is -1.56. The van der Waals surface area contributed by atoms with Crippen molar-refractivity contribution in [2.24, 2.45) is 0 Å². The van der Waals surface area contributed by atoms with Crippen LogP contribution in [-0.4, -0.2) is 21.2 Å². The third-order valence-corrected chi connectivity index (χ3v) is 4.63. The molecule has 0 amide bonds. The Morgan fingerprint density at radius 3 is 2.58 bits per heavy atom. The Morgan fingerprint density at radius 1 is 1.32 bits per heavy atom. The highest BCUT2D eigenvalue weighted by molar-refractivity contribution is 8.00. The largest absolute Gasteiger partial charge is 0.478 e. The highest BCUT2D eigenvalue weighted by atomic mass is 32.2. The number of hydrogen-bond acceptors (Lipinski definition) is 4. The average Bonchev–Trinajstić information content (AvgIpc) is 2.39. The molecule has 5 nitrogen and oxygen atoms in total. The summed E-state index contributed by atoms with van der Waals surface area (Å²) in [6, 6.07) is 3.99. The summed E-state index contributed by atoms with van der Waals surface area (Å²) in [6.45, 7) is 0. The number of nitrogens with zero attached hydrogens (tertiary/aromatic N) is 1. The minimum Gasteiger partial charge on any atom is -0.478 e. The fraction of sp³-hybridized carbons (Fsp3) is 0.462. The van der Waals surface area contributed by atoms with Crippen LogP contribution in [-0.2, 0) is 0 Å². The van der Waals surface area contributed by atoms with Gasteiger partial charge in [0.2, 0.25) is 0 Å². The molecular weight excluding hydrogens is 266 g/mol. The van der Waals surface area contributed by atoms with E-state index in [2.05, 4.69) is 0 Å². The van der Waals surface area contributed by atoms with Gasteiger partial charge in [0.05, 0.1) is 15.4 Å². The average molecular weight is 281 g/mol. The number of rotatable bonds is 4. The van der Waals surface area contributed by atoms with E-state index in [9.17, 15) is 14.9 Å². The molecule has 1 aromatic rings. The zero-order chi connectivity index (χ0) is 13.8. The molecule has 0 unspecified atom stereocenters. The number of nitro groups is 1. The van der Waals surface area contributed by atoms with Crippen LogP contribution in [0.5, 0.6) is 0 Å². The first kappa shape index (κ1) is 13.9. The van der Waals surface area contributed by atoms with Crippen molar-refractivity contribution in [2.45, 2.75) is 42.2 Å². The van der Waals surface area contributed by atoms with Crippen LogP contribution in [0.15, 0.2) is 23.1 Å². The molecule has 2 rings (SSSR count). The lowest BCUT2D eigenvalue weighted by Gasteiger charge is -2.20. The Kier molecular flexibility index (Phi) is 4.42. The smallest absolute Gasteiger partial charge is 0.335 e. The van der Waals surface area contributed by atoms with Gasteiger partial charge in [-0.1, -0.05) is 19.3 Å². The molecule has 0 bridgehead atoms. The second-order valence-corrected chi connectivity index (χ2v) is 5.96. The van der Waals surface area contributed by atoms with Crippen molar-refractivity contribution in [1.82, 2.24) is 0 Å². The molecule has 6 heteroatoms. The lowest BCUT2D eigenvalue weighted by Crippen LogP contribution is -2.08. The second-order valence-electron chi connectivity index (χ2n) is 4.62. The van der Waals surface area contributed by atoms with Crippen LogP contribution in [0.2, 0.25) is 0 Å². The molecule has 1 N–H and O–H groups in total. The van der Waals surface area contributed by atoms with Gasteiger partial charge in [0.25, 0.3) is 5.69 Å². The van der Waals surface area contributed by atoms with Gasteiger partial charge >= 0.3 is 5.97 Å². The summed E-state index contributed by atoms with van der Waals surface area (Å²) in [6.07, 6.45) is 5.58. The molecule has 1 fully saturated rings. The van der Waals surface area contributed by atoms with Gasteiger partial charge in [-0.15, -0.1) is 11.8 Å². The molecule has 0 radical (unpaired) electrons. The van der Waals surface area contributed by atoms with Gasteiger partial charge in [-0.25, -0.2) is 4.79 Å².